The first-order valence-corrected chi connectivity index (χ1v) is 8.31. The molecule has 0 aromatic heterocycles. The molecule has 0 heterocycles. The molecule has 0 aliphatic carbocycles. The van der Waals surface area contributed by atoms with Gasteiger partial charge in [0.2, 0.25) is 0 Å². The quantitative estimate of drug-likeness (QED) is 0.548. The molecule has 21 heavy (non-hydrogen) atoms. The summed E-state index contributed by atoms with van der Waals surface area (Å²) in [5.74, 6) is -2.24. The molecule has 124 valence electrons. The zero-order chi connectivity index (χ0) is 16.7. The lowest BCUT2D eigenvalue weighted by Crippen LogP contribution is -2.56. The largest absolute Gasteiger partial charge is 0.480 e. The van der Waals surface area contributed by atoms with Crippen molar-refractivity contribution in [1.29, 1.82) is 0 Å². The van der Waals surface area contributed by atoms with Crippen LogP contribution < -0.4 is 0 Å². The molecule has 0 bridgehead atoms. The number of rotatable bonds is 11. The third-order valence-electron chi connectivity index (χ3n) is 5.55. The topological polar surface area (TPSA) is 74.6 Å². The van der Waals surface area contributed by atoms with Crippen molar-refractivity contribution in [3.63, 3.8) is 0 Å². The number of hydrogen-bond donors (Lipinski definition) is 2. The van der Waals surface area contributed by atoms with Gasteiger partial charge in [-0.15, -0.1) is 0 Å². The van der Waals surface area contributed by atoms with Crippen molar-refractivity contribution in [2.45, 2.75) is 79.6 Å². The number of unbranched alkanes of at least 4 members (excludes halogenated alkanes) is 1. The molecule has 0 aliphatic heterocycles. The average Bonchev–Trinajstić information content (AvgIpc) is 2.45. The van der Waals surface area contributed by atoms with Gasteiger partial charge in [-0.3, -0.25) is 9.59 Å². The lowest BCUT2D eigenvalue weighted by Gasteiger charge is -2.49. The van der Waals surface area contributed by atoms with Crippen molar-refractivity contribution in [3.05, 3.63) is 0 Å². The molecule has 0 saturated carbocycles. The Morgan fingerprint density at radius 2 is 1.38 bits per heavy atom. The third kappa shape index (κ3) is 3.24. The average molecular weight is 300 g/mol. The molecule has 0 radical (unpaired) electrons. The van der Waals surface area contributed by atoms with E-state index in [1.807, 2.05) is 20.8 Å². The summed E-state index contributed by atoms with van der Waals surface area (Å²) >= 11 is 0. The fourth-order valence-corrected chi connectivity index (χ4v) is 4.27. The Kier molecular flexibility index (Phi) is 7.98. The number of carboxylic acids is 2. The lowest BCUT2D eigenvalue weighted by molar-refractivity contribution is -0.183. The van der Waals surface area contributed by atoms with Gasteiger partial charge in [0.1, 0.15) is 0 Å². The standard InChI is InChI=1S/C17H32O4/c1-6-11-12-13(7-2)16(8-3,9-4)17(10-5,14(18)19)15(20)21/h13H,6-12H2,1-5H3,(H,18,19)(H,20,21). The van der Waals surface area contributed by atoms with Crippen LogP contribution in [0.25, 0.3) is 0 Å². The van der Waals surface area contributed by atoms with Crippen LogP contribution in [0.2, 0.25) is 0 Å². The summed E-state index contributed by atoms with van der Waals surface area (Å²) in [7, 11) is 0. The minimum Gasteiger partial charge on any atom is -0.480 e. The maximum Gasteiger partial charge on any atom is 0.321 e. The highest BCUT2D eigenvalue weighted by Crippen LogP contribution is 2.55. The summed E-state index contributed by atoms with van der Waals surface area (Å²) in [6.07, 6.45) is 5.07. The van der Waals surface area contributed by atoms with Crippen LogP contribution in [0.4, 0.5) is 0 Å². The summed E-state index contributed by atoms with van der Waals surface area (Å²) in [5, 5.41) is 19.6. The highest BCUT2D eigenvalue weighted by Gasteiger charge is 2.61. The smallest absolute Gasteiger partial charge is 0.321 e. The first kappa shape index (κ1) is 19.9. The second kappa shape index (κ2) is 8.40. The van der Waals surface area contributed by atoms with E-state index in [-0.39, 0.29) is 12.3 Å². The summed E-state index contributed by atoms with van der Waals surface area (Å²) in [5.41, 5.74) is -2.38. The van der Waals surface area contributed by atoms with Crippen LogP contribution in [-0.2, 0) is 9.59 Å². The first-order valence-electron chi connectivity index (χ1n) is 8.31. The van der Waals surface area contributed by atoms with E-state index in [9.17, 15) is 19.8 Å². The Hall–Kier alpha value is -1.06. The Labute approximate surface area is 128 Å². The van der Waals surface area contributed by atoms with Crippen molar-refractivity contribution in [1.82, 2.24) is 0 Å². The van der Waals surface area contributed by atoms with Gasteiger partial charge in [0.05, 0.1) is 0 Å². The number of carbonyl (C=O) groups is 2. The molecule has 0 aromatic rings. The van der Waals surface area contributed by atoms with E-state index in [0.29, 0.717) is 12.8 Å². The van der Waals surface area contributed by atoms with Gasteiger partial charge in [0, 0.05) is 0 Å². The Balaban J connectivity index is 6.10. The fourth-order valence-electron chi connectivity index (χ4n) is 4.27. The lowest BCUT2D eigenvalue weighted by atomic mass is 9.52. The predicted octanol–water partition coefficient (Wildman–Crippen LogP) is 4.57. The van der Waals surface area contributed by atoms with Crippen molar-refractivity contribution in [2.24, 2.45) is 16.7 Å². The van der Waals surface area contributed by atoms with Crippen LogP contribution in [0.15, 0.2) is 0 Å². The molecule has 0 amide bonds. The molecule has 1 unspecified atom stereocenters. The van der Waals surface area contributed by atoms with E-state index in [1.165, 1.54) is 0 Å². The molecular formula is C17H32O4. The van der Waals surface area contributed by atoms with Crippen LogP contribution >= 0.6 is 0 Å². The summed E-state index contributed by atoms with van der Waals surface area (Å²) in [6, 6.07) is 0. The van der Waals surface area contributed by atoms with Gasteiger partial charge < -0.3 is 10.2 Å². The Morgan fingerprint density at radius 1 is 0.905 bits per heavy atom. The molecule has 0 saturated heterocycles. The second-order valence-electron chi connectivity index (χ2n) is 5.98. The molecule has 0 spiro atoms. The highest BCUT2D eigenvalue weighted by atomic mass is 16.4. The molecule has 2 N–H and O–H groups in total. The van der Waals surface area contributed by atoms with Gasteiger partial charge in [-0.05, 0) is 37.0 Å². The number of carboxylic acid groups (broad SMARTS) is 2. The van der Waals surface area contributed by atoms with Crippen molar-refractivity contribution in [3.8, 4) is 0 Å². The molecule has 0 fully saturated rings. The van der Waals surface area contributed by atoms with E-state index in [1.54, 1.807) is 6.92 Å². The van der Waals surface area contributed by atoms with Crippen molar-refractivity contribution in [2.75, 3.05) is 0 Å². The van der Waals surface area contributed by atoms with Gasteiger partial charge in [-0.25, -0.2) is 0 Å². The van der Waals surface area contributed by atoms with Crippen LogP contribution in [0, 0.1) is 16.7 Å². The molecular weight excluding hydrogens is 268 g/mol. The van der Waals surface area contributed by atoms with E-state index in [2.05, 4.69) is 6.92 Å². The van der Waals surface area contributed by atoms with E-state index in [0.717, 1.165) is 25.7 Å². The van der Waals surface area contributed by atoms with Crippen LogP contribution in [0.5, 0.6) is 0 Å². The molecule has 4 heteroatoms. The van der Waals surface area contributed by atoms with Crippen LogP contribution in [-0.4, -0.2) is 22.2 Å². The number of aliphatic carboxylic acids is 2. The Bertz CT molecular complexity index is 331. The van der Waals surface area contributed by atoms with Crippen LogP contribution in [0.1, 0.15) is 79.6 Å². The third-order valence-corrected chi connectivity index (χ3v) is 5.55. The van der Waals surface area contributed by atoms with Crippen LogP contribution in [0.3, 0.4) is 0 Å². The number of hydrogen-bond acceptors (Lipinski definition) is 2. The molecule has 1 atom stereocenters. The van der Waals surface area contributed by atoms with Gasteiger partial charge in [0.15, 0.2) is 5.41 Å². The molecule has 0 aliphatic rings. The van der Waals surface area contributed by atoms with E-state index in [4.69, 9.17) is 0 Å². The molecule has 4 nitrogen and oxygen atoms in total. The van der Waals surface area contributed by atoms with Gasteiger partial charge >= 0.3 is 11.9 Å². The zero-order valence-electron chi connectivity index (χ0n) is 14.2. The second-order valence-corrected chi connectivity index (χ2v) is 5.98. The minimum atomic E-state index is -1.69. The molecule has 0 aromatic carbocycles. The summed E-state index contributed by atoms with van der Waals surface area (Å²) in [6.45, 7) is 9.72. The van der Waals surface area contributed by atoms with Gasteiger partial charge in [-0.2, -0.15) is 0 Å². The normalized spacial score (nSPS) is 14.0. The maximum atomic E-state index is 12.0. The monoisotopic (exact) mass is 300 g/mol. The first-order chi connectivity index (χ1) is 9.84. The molecule has 0 rings (SSSR count). The van der Waals surface area contributed by atoms with E-state index >= 15 is 0 Å². The summed E-state index contributed by atoms with van der Waals surface area (Å²) < 4.78 is 0. The van der Waals surface area contributed by atoms with Gasteiger partial charge in [-0.1, -0.05) is 53.9 Å². The van der Waals surface area contributed by atoms with Crippen molar-refractivity contribution >= 4 is 11.9 Å². The minimum absolute atomic E-state index is 0.125. The zero-order valence-corrected chi connectivity index (χ0v) is 14.2. The fraction of sp³-hybridized carbons (Fsp3) is 0.882. The summed E-state index contributed by atoms with van der Waals surface area (Å²) in [4.78, 5) is 23.9. The predicted molar refractivity (Wildman–Crippen MR) is 84.3 cm³/mol. The Morgan fingerprint density at radius 3 is 1.62 bits per heavy atom. The highest BCUT2D eigenvalue weighted by molar-refractivity contribution is 5.99. The SMILES string of the molecule is CCCCC(CC)C(CC)(CC)C(CC)(C(=O)O)C(=O)O. The van der Waals surface area contributed by atoms with Gasteiger partial charge in [0.25, 0.3) is 0 Å². The maximum absolute atomic E-state index is 12.0. The van der Waals surface area contributed by atoms with E-state index < -0.39 is 22.8 Å². The van der Waals surface area contributed by atoms with Crippen molar-refractivity contribution < 1.29 is 19.8 Å².